The summed E-state index contributed by atoms with van der Waals surface area (Å²) in [5, 5.41) is 0. The molecule has 5 rings (SSSR count). The summed E-state index contributed by atoms with van der Waals surface area (Å²) in [6.07, 6.45) is 16.8. The summed E-state index contributed by atoms with van der Waals surface area (Å²) in [7, 11) is -4.29. The fourth-order valence-electron chi connectivity index (χ4n) is 4.73. The van der Waals surface area contributed by atoms with Crippen LogP contribution in [0.4, 0.5) is 5.82 Å². The van der Waals surface area contributed by atoms with Crippen molar-refractivity contribution in [2.45, 2.75) is 92.7 Å². The minimum Gasteiger partial charge on any atom is -0.383 e. The van der Waals surface area contributed by atoms with Gasteiger partial charge in [-0.3, -0.25) is 4.57 Å². The lowest BCUT2D eigenvalue weighted by molar-refractivity contribution is 0.0922. The minimum atomic E-state index is -2.90. The molecule has 0 aliphatic carbocycles. The van der Waals surface area contributed by atoms with Crippen molar-refractivity contribution >= 4 is 48.9 Å². The molecule has 4 N–H and O–H groups in total. The second-order valence-corrected chi connectivity index (χ2v) is 16.3. The van der Waals surface area contributed by atoms with Crippen molar-refractivity contribution in [2.75, 3.05) is 69.6 Å². The summed E-state index contributed by atoms with van der Waals surface area (Å²) in [6, 6.07) is 3.68. The number of fused-ring (bicyclic) bond motifs is 1. The van der Waals surface area contributed by atoms with Crippen LogP contribution in [0.15, 0.2) is 30.9 Å². The van der Waals surface area contributed by atoms with E-state index in [0.717, 1.165) is 69.6 Å². The molecule has 2 aliphatic heterocycles. The molecule has 3 aromatic rings. The van der Waals surface area contributed by atoms with Crippen LogP contribution in [-0.2, 0) is 31.5 Å². The van der Waals surface area contributed by atoms with Crippen LogP contribution in [0.5, 0.6) is 0 Å². The second-order valence-electron chi connectivity index (χ2n) is 11.3. The molecule has 0 spiro atoms. The number of thioether (sulfide) groups is 1. The average Bonchev–Trinajstić information content (AvgIpc) is 3.55. The molecular weight excluding hydrogens is 711 g/mol. The number of hydrogen-bond donors (Lipinski definition) is 2. The lowest BCUT2D eigenvalue weighted by Crippen LogP contribution is -2.37. The molecule has 17 heteroatoms. The zero-order valence-corrected chi connectivity index (χ0v) is 34.7. The van der Waals surface area contributed by atoms with Gasteiger partial charge < -0.3 is 16.2 Å². The van der Waals surface area contributed by atoms with E-state index in [2.05, 4.69) is 39.5 Å². The van der Waals surface area contributed by atoms with Crippen molar-refractivity contribution in [3.63, 3.8) is 0 Å². The van der Waals surface area contributed by atoms with Crippen LogP contribution in [0, 0.1) is 0 Å². The highest BCUT2D eigenvalue weighted by molar-refractivity contribution is 7.98. The number of anilines is 1. The Balaban J connectivity index is 0.000000731. The van der Waals surface area contributed by atoms with Crippen molar-refractivity contribution in [1.82, 2.24) is 33.1 Å². The third-order valence-electron chi connectivity index (χ3n) is 7.06. The normalized spacial score (nSPS) is 14.8. The predicted octanol–water partition coefficient (Wildman–Crippen LogP) is 5.47. The summed E-state index contributed by atoms with van der Waals surface area (Å²) in [5.41, 5.74) is 13.0. The Kier molecular flexibility index (Phi) is 26.8. The first-order valence-electron chi connectivity index (χ1n) is 17.9. The molecular formula is C34H65N9O5S3. The molecule has 2 aliphatic rings. The number of nitrogen functional groups attached to an aromatic ring is 1. The van der Waals surface area contributed by atoms with Gasteiger partial charge in [0.1, 0.15) is 18.9 Å². The van der Waals surface area contributed by atoms with Gasteiger partial charge in [-0.05, 0) is 57.5 Å². The lowest BCUT2D eigenvalue weighted by Gasteiger charge is -2.25. The van der Waals surface area contributed by atoms with Gasteiger partial charge in [-0.15, -0.1) is 0 Å². The standard InChI is InChI=1S/C14H16N6OS.C8H17NO2S.C6H13NO2S.C3H8.C2H6.CH5N/c1-22-6-5-21-9-20-8-18-13-14(20)17-7-11(19-13)10-3-2-4-16-12(10)15;1-2-8-12(10,11)9-6-4-3-5-7-9;1-10(8,9)7-5-3-2-4-6-7;1-3-2;2*1-2/h2-4,7-8H,5-6,9H2,1H3,(H2,15,16);2-8H2,1H3;2-6H2,1H3;3H2,1-2H3;1-2H3;2H2,1H3. The molecule has 294 valence electrons. The Hall–Kier alpha value is -2.41. The Labute approximate surface area is 312 Å². The molecule has 2 fully saturated rings. The largest absolute Gasteiger partial charge is 0.383 e. The summed E-state index contributed by atoms with van der Waals surface area (Å²) in [4.78, 5) is 17.3. The van der Waals surface area contributed by atoms with E-state index in [-0.39, 0.29) is 0 Å². The zero-order valence-electron chi connectivity index (χ0n) is 32.3. The van der Waals surface area contributed by atoms with E-state index in [0.29, 0.717) is 41.9 Å². The Morgan fingerprint density at radius 2 is 1.45 bits per heavy atom. The molecule has 14 nitrogen and oxygen atoms in total. The number of hydrogen-bond acceptors (Lipinski definition) is 12. The summed E-state index contributed by atoms with van der Waals surface area (Å²) < 4.78 is 55.4. The van der Waals surface area contributed by atoms with Gasteiger partial charge >= 0.3 is 0 Å². The smallest absolute Gasteiger partial charge is 0.214 e. The predicted molar refractivity (Wildman–Crippen MR) is 214 cm³/mol. The Morgan fingerprint density at radius 1 is 0.882 bits per heavy atom. The molecule has 0 unspecified atom stereocenters. The highest BCUT2D eigenvalue weighted by Crippen LogP contribution is 2.22. The third-order valence-corrected chi connectivity index (χ3v) is 11.0. The fourth-order valence-corrected chi connectivity index (χ4v) is 7.53. The third kappa shape index (κ3) is 18.8. The van der Waals surface area contributed by atoms with Gasteiger partial charge in [0.15, 0.2) is 11.3 Å². The number of rotatable bonds is 10. The summed E-state index contributed by atoms with van der Waals surface area (Å²) >= 11 is 1.75. The van der Waals surface area contributed by atoms with Crippen LogP contribution in [0.2, 0.25) is 0 Å². The highest BCUT2D eigenvalue weighted by Gasteiger charge is 2.22. The maximum atomic E-state index is 11.5. The van der Waals surface area contributed by atoms with Crippen LogP contribution < -0.4 is 11.5 Å². The molecule has 5 heterocycles. The van der Waals surface area contributed by atoms with Gasteiger partial charge in [-0.2, -0.15) is 11.8 Å². The van der Waals surface area contributed by atoms with E-state index in [1.54, 1.807) is 39.1 Å². The Morgan fingerprint density at radius 3 is 1.94 bits per heavy atom. The number of aromatic nitrogens is 5. The molecule has 3 aromatic heterocycles. The first-order chi connectivity index (χ1) is 24.5. The number of piperidine rings is 2. The number of imidazole rings is 1. The summed E-state index contributed by atoms with van der Waals surface area (Å²) in [5.74, 6) is 1.70. The van der Waals surface area contributed by atoms with E-state index >= 15 is 0 Å². The van der Waals surface area contributed by atoms with Crippen molar-refractivity contribution in [3.05, 3.63) is 30.9 Å². The zero-order chi connectivity index (χ0) is 38.7. The van der Waals surface area contributed by atoms with Crippen LogP contribution in [0.1, 0.15) is 86.0 Å². The lowest BCUT2D eigenvalue weighted by atomic mass is 10.2. The van der Waals surface area contributed by atoms with E-state index in [4.69, 9.17) is 10.5 Å². The first kappa shape index (κ1) is 48.6. The average molecular weight is 776 g/mol. The van der Waals surface area contributed by atoms with Crippen molar-refractivity contribution in [2.24, 2.45) is 5.73 Å². The van der Waals surface area contributed by atoms with E-state index in [1.165, 1.54) is 32.6 Å². The van der Waals surface area contributed by atoms with E-state index < -0.39 is 20.0 Å². The molecule has 0 aromatic carbocycles. The maximum Gasteiger partial charge on any atom is 0.214 e. The SMILES string of the molecule is CC.CCC.CCCS(=O)(=O)N1CCCCC1.CN.CS(=O)(=O)N1CCCCC1.CSCCOCn1cnc2nc(-c3cccnc3N)cnc21. The van der Waals surface area contributed by atoms with Gasteiger partial charge in [0.2, 0.25) is 20.0 Å². The molecule has 0 saturated carbocycles. The van der Waals surface area contributed by atoms with Gasteiger partial charge in [0.05, 0.1) is 30.5 Å². The van der Waals surface area contributed by atoms with E-state index in [9.17, 15) is 16.8 Å². The van der Waals surface area contributed by atoms with Crippen LogP contribution >= 0.6 is 11.8 Å². The molecule has 0 amide bonds. The fraction of sp³-hybridized carbons (Fsp3) is 0.706. The molecule has 0 radical (unpaired) electrons. The molecule has 51 heavy (non-hydrogen) atoms. The number of sulfonamides is 2. The van der Waals surface area contributed by atoms with Crippen LogP contribution in [0.3, 0.4) is 0 Å². The number of nitrogens with zero attached hydrogens (tertiary/aromatic N) is 7. The monoisotopic (exact) mass is 775 g/mol. The van der Waals surface area contributed by atoms with Gasteiger partial charge in [0, 0.05) is 43.7 Å². The van der Waals surface area contributed by atoms with Crippen molar-refractivity contribution in [1.29, 1.82) is 0 Å². The van der Waals surface area contributed by atoms with Gasteiger partial charge in [0.25, 0.3) is 0 Å². The topological polar surface area (TPSA) is 193 Å². The molecule has 2 saturated heterocycles. The van der Waals surface area contributed by atoms with Crippen molar-refractivity contribution in [3.8, 4) is 11.3 Å². The summed E-state index contributed by atoms with van der Waals surface area (Å²) in [6.45, 7) is 14.2. The number of nitrogens with two attached hydrogens (primary N) is 2. The quantitative estimate of drug-likeness (QED) is 0.247. The second kappa shape index (κ2) is 28.1. The van der Waals surface area contributed by atoms with Crippen LogP contribution in [-0.4, -0.2) is 114 Å². The molecule has 0 bridgehead atoms. The van der Waals surface area contributed by atoms with Crippen molar-refractivity contribution < 1.29 is 21.6 Å². The Bertz CT molecular complexity index is 1530. The van der Waals surface area contributed by atoms with Gasteiger partial charge in [-0.25, -0.2) is 45.4 Å². The maximum absolute atomic E-state index is 11.5. The van der Waals surface area contributed by atoms with E-state index in [1.807, 2.05) is 43.7 Å². The minimum absolute atomic E-state index is 0.312. The molecule has 0 atom stereocenters. The number of pyridine rings is 1. The van der Waals surface area contributed by atoms with Crippen LogP contribution in [0.25, 0.3) is 22.6 Å². The van der Waals surface area contributed by atoms with Gasteiger partial charge in [-0.1, -0.05) is 53.9 Å². The number of ether oxygens (including phenoxy) is 1. The first-order valence-corrected chi connectivity index (χ1v) is 22.8. The highest BCUT2D eigenvalue weighted by atomic mass is 32.2.